The summed E-state index contributed by atoms with van der Waals surface area (Å²) in [6.07, 6.45) is -5.13. The molecule has 1 rings (SSSR count). The molecule has 12 heteroatoms. The van der Waals surface area contributed by atoms with Crippen LogP contribution < -0.4 is 0 Å². The van der Waals surface area contributed by atoms with Gasteiger partial charge in [-0.3, -0.25) is 9.09 Å². The minimum atomic E-state index is -5.15. The van der Waals surface area contributed by atoms with E-state index in [1.54, 1.807) is 0 Å². The molecule has 0 aliphatic carbocycles. The normalized spacial score (nSPS) is 14.2. The van der Waals surface area contributed by atoms with Crippen molar-refractivity contribution in [2.45, 2.75) is 11.1 Å². The fraction of sp³-hybridized carbons (Fsp3) is 0.250. The Morgan fingerprint density at radius 3 is 2.40 bits per heavy atom. The Balaban J connectivity index is 3.21. The average molecular weight is 338 g/mol. The summed E-state index contributed by atoms with van der Waals surface area (Å²) in [5, 5.41) is 0. The van der Waals surface area contributed by atoms with E-state index < -0.39 is 47.6 Å². The maximum atomic E-state index is 13.4. The molecule has 0 bridgehead atoms. The summed E-state index contributed by atoms with van der Waals surface area (Å²) in [6.45, 7) is -1.32. The molecule has 1 atom stereocenters. The van der Waals surface area contributed by atoms with Crippen LogP contribution in [0.4, 0.5) is 17.6 Å². The third-order valence-electron chi connectivity index (χ3n) is 1.91. The highest BCUT2D eigenvalue weighted by atomic mass is 32.2. The molecule has 6 nitrogen and oxygen atoms in total. The topological polar surface area (TPSA) is 89.9 Å². The van der Waals surface area contributed by atoms with Gasteiger partial charge in [-0.2, -0.15) is 21.6 Å². The van der Waals surface area contributed by atoms with Gasteiger partial charge in [0.05, 0.1) is 5.56 Å². The molecule has 0 aliphatic rings. The molecule has 1 unspecified atom stereocenters. The second-order valence-corrected chi connectivity index (χ2v) is 5.59. The number of hydrogen-bond acceptors (Lipinski definition) is 5. The Morgan fingerprint density at radius 1 is 1.30 bits per heavy atom. The number of halogens is 4. The van der Waals surface area contributed by atoms with Crippen LogP contribution in [0.2, 0.25) is 0 Å². The van der Waals surface area contributed by atoms with E-state index in [1.165, 1.54) is 0 Å². The van der Waals surface area contributed by atoms with Gasteiger partial charge < -0.3 is 4.89 Å². The van der Waals surface area contributed by atoms with Gasteiger partial charge in [0, 0.05) is 0 Å². The van der Waals surface area contributed by atoms with Crippen molar-refractivity contribution >= 4 is 18.4 Å². The third kappa shape index (κ3) is 4.25. The van der Waals surface area contributed by atoms with Crippen LogP contribution in [0.15, 0.2) is 23.1 Å². The highest BCUT2D eigenvalue weighted by molar-refractivity contribution is 7.86. The van der Waals surface area contributed by atoms with Crippen LogP contribution in [0.1, 0.15) is 5.56 Å². The predicted molar refractivity (Wildman–Crippen MR) is 56.8 cm³/mol. The molecular weight excluding hydrogens is 331 g/mol. The maximum Gasteiger partial charge on any atom is 0.417 e. The van der Waals surface area contributed by atoms with E-state index in [-0.39, 0.29) is 0 Å². The van der Waals surface area contributed by atoms with Gasteiger partial charge in [-0.05, 0) is 12.1 Å². The van der Waals surface area contributed by atoms with Crippen LogP contribution in [0, 0.1) is 5.82 Å². The zero-order valence-corrected chi connectivity index (χ0v) is 11.2. The van der Waals surface area contributed by atoms with Gasteiger partial charge in [0.2, 0.25) is 0 Å². The van der Waals surface area contributed by atoms with Crippen molar-refractivity contribution in [1.82, 2.24) is 0 Å². The van der Waals surface area contributed by atoms with Crippen LogP contribution >= 0.6 is 8.25 Å². The average Bonchev–Trinajstić information content (AvgIpc) is 2.26. The van der Waals surface area contributed by atoms with Gasteiger partial charge in [-0.25, -0.2) is 8.57 Å². The first kappa shape index (κ1) is 17.1. The van der Waals surface area contributed by atoms with Gasteiger partial charge in [-0.1, -0.05) is 6.07 Å². The van der Waals surface area contributed by atoms with Gasteiger partial charge in [0.1, 0.15) is 10.7 Å². The number of rotatable bonds is 5. The molecule has 0 saturated carbocycles. The Bertz CT molecular complexity index is 614. The van der Waals surface area contributed by atoms with Gasteiger partial charge in [-0.15, -0.1) is 0 Å². The van der Waals surface area contributed by atoms with Gasteiger partial charge in [0.15, 0.2) is 6.79 Å². The molecule has 0 radical (unpaired) electrons. The SMILES string of the molecule is O=[PH](O)OCOS(=O)(=O)c1c(F)cccc1C(F)(F)F. The molecule has 0 amide bonds. The fourth-order valence-corrected chi connectivity index (χ4v) is 2.48. The van der Waals surface area contributed by atoms with Crippen molar-refractivity contribution in [3.8, 4) is 0 Å². The minimum Gasteiger partial charge on any atom is -0.326 e. The summed E-state index contributed by atoms with van der Waals surface area (Å²) in [5.41, 5.74) is -1.76. The summed E-state index contributed by atoms with van der Waals surface area (Å²) in [7, 11) is -8.70. The lowest BCUT2D eigenvalue weighted by Crippen LogP contribution is -2.17. The van der Waals surface area contributed by atoms with E-state index >= 15 is 0 Å². The second kappa shape index (κ2) is 6.19. The van der Waals surface area contributed by atoms with Crippen molar-refractivity contribution in [2.75, 3.05) is 6.79 Å². The zero-order chi connectivity index (χ0) is 15.6. The van der Waals surface area contributed by atoms with Gasteiger partial charge in [0.25, 0.3) is 0 Å². The van der Waals surface area contributed by atoms with E-state index in [2.05, 4.69) is 8.71 Å². The van der Waals surface area contributed by atoms with E-state index in [0.717, 1.165) is 0 Å². The Hall–Kier alpha value is -1.00. The summed E-state index contributed by atoms with van der Waals surface area (Å²) in [4.78, 5) is 6.54. The zero-order valence-electron chi connectivity index (χ0n) is 9.35. The Kier molecular flexibility index (Phi) is 5.27. The molecule has 0 aliphatic heterocycles. The van der Waals surface area contributed by atoms with Crippen LogP contribution in [0.5, 0.6) is 0 Å². The van der Waals surface area contributed by atoms with Crippen LogP contribution in [0.25, 0.3) is 0 Å². The van der Waals surface area contributed by atoms with Crippen molar-refractivity contribution < 1.29 is 44.1 Å². The van der Waals surface area contributed by atoms with Crippen LogP contribution in [0.3, 0.4) is 0 Å². The number of alkyl halides is 3. The molecule has 1 aromatic carbocycles. The fourth-order valence-electron chi connectivity index (χ4n) is 1.18. The standard InChI is InChI=1S/C8H7F4O6PS/c9-6-3-1-2-5(8(10,11)12)7(6)20(15,16)18-4-17-19(13)14/h1-3,19H,4H2,(H,13,14). The lowest BCUT2D eigenvalue weighted by Gasteiger charge is -2.13. The molecule has 1 aromatic rings. The monoisotopic (exact) mass is 338 g/mol. The predicted octanol–water partition coefficient (Wildman–Crippen LogP) is 1.91. The summed E-state index contributed by atoms with van der Waals surface area (Å²) < 4.78 is 92.1. The summed E-state index contributed by atoms with van der Waals surface area (Å²) >= 11 is 0. The van der Waals surface area contributed by atoms with Crippen molar-refractivity contribution in [3.63, 3.8) is 0 Å². The third-order valence-corrected chi connectivity index (χ3v) is 3.59. The lowest BCUT2D eigenvalue weighted by atomic mass is 10.2. The summed E-state index contributed by atoms with van der Waals surface area (Å²) in [5.74, 6) is -1.67. The highest BCUT2D eigenvalue weighted by Crippen LogP contribution is 2.36. The van der Waals surface area contributed by atoms with Crippen LogP contribution in [-0.2, 0) is 29.6 Å². The molecule has 0 aromatic heterocycles. The van der Waals surface area contributed by atoms with Crippen molar-refractivity contribution in [3.05, 3.63) is 29.6 Å². The van der Waals surface area contributed by atoms with E-state index in [1.807, 2.05) is 0 Å². The minimum absolute atomic E-state index is 0.356. The number of benzene rings is 1. The maximum absolute atomic E-state index is 13.4. The molecule has 114 valence electrons. The smallest absolute Gasteiger partial charge is 0.326 e. The lowest BCUT2D eigenvalue weighted by molar-refractivity contribution is -0.140. The van der Waals surface area contributed by atoms with E-state index in [4.69, 9.17) is 4.89 Å². The first-order chi connectivity index (χ1) is 9.05. The quantitative estimate of drug-likeness (QED) is 0.382. The molecule has 0 saturated heterocycles. The van der Waals surface area contributed by atoms with Crippen molar-refractivity contribution in [1.29, 1.82) is 0 Å². The van der Waals surface area contributed by atoms with E-state index in [0.29, 0.717) is 18.2 Å². The number of hydrogen-bond donors (Lipinski definition) is 1. The molecular formula is C8H7F4O6PS. The van der Waals surface area contributed by atoms with E-state index in [9.17, 15) is 30.5 Å². The molecule has 20 heavy (non-hydrogen) atoms. The Labute approximate surface area is 111 Å². The molecule has 0 spiro atoms. The largest absolute Gasteiger partial charge is 0.417 e. The second-order valence-electron chi connectivity index (χ2n) is 3.21. The Morgan fingerprint density at radius 2 is 1.90 bits per heavy atom. The molecule has 1 N–H and O–H groups in total. The summed E-state index contributed by atoms with van der Waals surface area (Å²) in [6, 6.07) is 1.54. The van der Waals surface area contributed by atoms with Crippen LogP contribution in [-0.4, -0.2) is 20.1 Å². The first-order valence-corrected chi connectivity index (χ1v) is 7.34. The first-order valence-electron chi connectivity index (χ1n) is 4.66. The van der Waals surface area contributed by atoms with Crippen molar-refractivity contribution in [2.24, 2.45) is 0 Å². The van der Waals surface area contributed by atoms with Gasteiger partial charge >= 0.3 is 24.5 Å². The molecule has 0 fully saturated rings. The molecule has 0 heterocycles. The highest BCUT2D eigenvalue weighted by Gasteiger charge is 2.39.